The number of hydrogen-bond acceptors (Lipinski definition) is 9. The van der Waals surface area contributed by atoms with Crippen LogP contribution in [-0.2, 0) is 11.0 Å². The Morgan fingerprint density at radius 1 is 1.09 bits per heavy atom. The summed E-state index contributed by atoms with van der Waals surface area (Å²) in [7, 11) is 0. The highest BCUT2D eigenvalue weighted by Gasteiger charge is 2.50. The number of imidazole rings is 1. The zero-order valence-corrected chi connectivity index (χ0v) is 24.5. The van der Waals surface area contributed by atoms with Crippen molar-refractivity contribution in [2.45, 2.75) is 44.2 Å². The molecule has 15 heteroatoms. The Morgan fingerprint density at radius 2 is 1.89 bits per heavy atom. The van der Waals surface area contributed by atoms with Gasteiger partial charge >= 0.3 is 6.18 Å². The number of amides is 2. The normalized spacial score (nSPS) is 19.7. The van der Waals surface area contributed by atoms with E-state index in [1.54, 1.807) is 43.6 Å². The third kappa shape index (κ3) is 5.52. The number of alkyl halides is 3. The van der Waals surface area contributed by atoms with E-state index in [1.807, 2.05) is 9.30 Å². The number of halogens is 3. The van der Waals surface area contributed by atoms with Crippen LogP contribution in [0, 0.1) is 12.8 Å². The number of hydrogen-bond donors (Lipinski definition) is 2. The van der Waals surface area contributed by atoms with Crippen molar-refractivity contribution in [2.75, 3.05) is 24.1 Å². The highest BCUT2D eigenvalue weighted by atomic mass is 19.4. The molecule has 1 aliphatic carbocycles. The molecule has 1 unspecified atom stereocenters. The van der Waals surface area contributed by atoms with E-state index in [1.165, 1.54) is 0 Å². The average Bonchev–Trinajstić information content (AvgIpc) is 3.56. The maximum atomic E-state index is 13.4. The van der Waals surface area contributed by atoms with Crippen LogP contribution in [0.15, 0.2) is 59.5 Å². The molecule has 0 spiro atoms. The van der Waals surface area contributed by atoms with Crippen molar-refractivity contribution in [3.63, 3.8) is 0 Å². The van der Waals surface area contributed by atoms with Gasteiger partial charge in [-0.05, 0) is 50.5 Å². The molecule has 7 rings (SSSR count). The number of nitrogens with two attached hydrogens (primary N) is 1. The van der Waals surface area contributed by atoms with Gasteiger partial charge in [0.2, 0.25) is 11.8 Å². The van der Waals surface area contributed by atoms with Gasteiger partial charge in [-0.15, -0.1) is 0 Å². The number of nitrogens with one attached hydrogen (secondary N) is 1. The van der Waals surface area contributed by atoms with Crippen molar-refractivity contribution in [1.82, 2.24) is 34.4 Å². The lowest BCUT2D eigenvalue weighted by molar-refractivity contribution is -0.137. The first kappa shape index (κ1) is 29.4. The monoisotopic (exact) mass is 631 g/mol. The lowest BCUT2D eigenvalue weighted by Gasteiger charge is -2.32. The highest BCUT2D eigenvalue weighted by Crippen LogP contribution is 2.48. The van der Waals surface area contributed by atoms with Crippen LogP contribution < -0.4 is 11.1 Å². The standard InChI is InChI=1S/C31H28F3N9O3/c1-16-38-29(46-41-16)21-14-22(21)30(45)42-11-2-3-19(15-42)27-40-24(25-26(35)37-10-12-43(25)27)17-4-6-18(7-5-17)28(44)39-23-13-20(8-9-36-23)31(32,33)34/h4-10,12-13,19,21-22H,2-3,11,14-15H2,1H3,(H2,35,37)(H,36,39,44)/t19-,21+,22?/m1/s1. The lowest BCUT2D eigenvalue weighted by atomic mass is 9.96. The predicted octanol–water partition coefficient (Wildman–Crippen LogP) is 4.85. The second kappa shape index (κ2) is 11.2. The number of carbonyl (C=O) groups excluding carboxylic acids is 2. The molecule has 46 heavy (non-hydrogen) atoms. The minimum Gasteiger partial charge on any atom is -0.382 e. The molecule has 0 radical (unpaired) electrons. The Balaban J connectivity index is 1.11. The van der Waals surface area contributed by atoms with Crippen molar-refractivity contribution in [1.29, 1.82) is 0 Å². The smallest absolute Gasteiger partial charge is 0.382 e. The number of aromatic nitrogens is 6. The van der Waals surface area contributed by atoms with Crippen LogP contribution in [0.5, 0.6) is 0 Å². The number of pyridine rings is 1. The van der Waals surface area contributed by atoms with Crippen LogP contribution in [0.3, 0.4) is 0 Å². The zero-order chi connectivity index (χ0) is 32.2. The molecule has 0 bridgehead atoms. The molecule has 2 aliphatic rings. The average molecular weight is 632 g/mol. The molecule has 2 amide bonds. The highest BCUT2D eigenvalue weighted by molar-refractivity contribution is 6.04. The molecule has 1 aromatic carbocycles. The fraction of sp³-hybridized carbons (Fsp3) is 0.323. The lowest BCUT2D eigenvalue weighted by Crippen LogP contribution is -2.40. The van der Waals surface area contributed by atoms with Gasteiger partial charge in [-0.1, -0.05) is 17.3 Å². The topological polar surface area (TPSA) is 157 Å². The van der Waals surface area contributed by atoms with Gasteiger partial charge in [0.25, 0.3) is 5.91 Å². The van der Waals surface area contributed by atoms with Gasteiger partial charge in [0, 0.05) is 48.7 Å². The number of carbonyl (C=O) groups is 2. The van der Waals surface area contributed by atoms with Gasteiger partial charge in [-0.2, -0.15) is 18.2 Å². The maximum Gasteiger partial charge on any atom is 0.416 e. The third-order valence-electron chi connectivity index (χ3n) is 8.43. The Morgan fingerprint density at radius 3 is 2.63 bits per heavy atom. The zero-order valence-electron chi connectivity index (χ0n) is 24.5. The molecule has 5 aromatic rings. The van der Waals surface area contributed by atoms with Crippen molar-refractivity contribution in [3.05, 3.63) is 83.7 Å². The summed E-state index contributed by atoms with van der Waals surface area (Å²) >= 11 is 0. The number of nitrogens with zero attached hydrogens (tertiary/aromatic N) is 7. The molecule has 4 aromatic heterocycles. The first-order valence-corrected chi connectivity index (χ1v) is 14.7. The number of benzene rings is 1. The molecule has 3 N–H and O–H groups in total. The first-order valence-electron chi connectivity index (χ1n) is 14.7. The summed E-state index contributed by atoms with van der Waals surface area (Å²) in [4.78, 5) is 45.5. The second-order valence-corrected chi connectivity index (χ2v) is 11.6. The molecule has 5 heterocycles. The molecule has 1 saturated heterocycles. The summed E-state index contributed by atoms with van der Waals surface area (Å²) in [5.74, 6) is 1.02. The summed E-state index contributed by atoms with van der Waals surface area (Å²) in [5.41, 5.74) is 7.46. The van der Waals surface area contributed by atoms with E-state index in [-0.39, 0.29) is 40.9 Å². The van der Waals surface area contributed by atoms with E-state index < -0.39 is 17.6 Å². The number of anilines is 2. The van der Waals surface area contributed by atoms with Crippen molar-refractivity contribution < 1.29 is 27.3 Å². The summed E-state index contributed by atoms with van der Waals surface area (Å²) in [6.45, 7) is 2.90. The number of nitrogen functional groups attached to an aromatic ring is 1. The van der Waals surface area contributed by atoms with E-state index in [2.05, 4.69) is 25.4 Å². The molecular weight excluding hydrogens is 603 g/mol. The molecule has 3 atom stereocenters. The van der Waals surface area contributed by atoms with Crippen LogP contribution >= 0.6 is 0 Å². The predicted molar refractivity (Wildman–Crippen MR) is 158 cm³/mol. The Hall–Kier alpha value is -5.34. The van der Waals surface area contributed by atoms with Gasteiger partial charge in [0.15, 0.2) is 5.82 Å². The fourth-order valence-electron chi connectivity index (χ4n) is 6.05. The van der Waals surface area contributed by atoms with Crippen molar-refractivity contribution in [3.8, 4) is 11.3 Å². The largest absolute Gasteiger partial charge is 0.416 e. The van der Waals surface area contributed by atoms with E-state index in [4.69, 9.17) is 15.2 Å². The summed E-state index contributed by atoms with van der Waals surface area (Å²) < 4.78 is 46.4. The summed E-state index contributed by atoms with van der Waals surface area (Å²) in [6, 6.07) is 8.09. The van der Waals surface area contributed by atoms with Crippen LogP contribution in [0.25, 0.3) is 16.8 Å². The number of piperidine rings is 1. The number of likely N-dealkylation sites (tertiary alicyclic amines) is 1. The molecule has 1 saturated carbocycles. The number of fused-ring (bicyclic) bond motifs is 1. The first-order chi connectivity index (χ1) is 22.1. The Bertz CT molecular complexity index is 1950. The van der Waals surface area contributed by atoms with Gasteiger partial charge in [0.05, 0.1) is 17.4 Å². The Kier molecular flexibility index (Phi) is 7.17. The van der Waals surface area contributed by atoms with Gasteiger partial charge < -0.3 is 20.5 Å². The van der Waals surface area contributed by atoms with Gasteiger partial charge in [-0.25, -0.2) is 15.0 Å². The Labute approximate surface area is 259 Å². The van der Waals surface area contributed by atoms with E-state index in [0.29, 0.717) is 48.0 Å². The summed E-state index contributed by atoms with van der Waals surface area (Å²) in [5, 5.41) is 6.26. The quantitative estimate of drug-likeness (QED) is 0.267. The number of aryl methyl sites for hydroxylation is 1. The minimum absolute atomic E-state index is 0.0508. The van der Waals surface area contributed by atoms with Crippen LogP contribution in [0.2, 0.25) is 0 Å². The molecule has 236 valence electrons. The van der Waals surface area contributed by atoms with Crippen LogP contribution in [0.1, 0.15) is 64.6 Å². The second-order valence-electron chi connectivity index (χ2n) is 11.6. The van der Waals surface area contributed by atoms with E-state index >= 15 is 0 Å². The van der Waals surface area contributed by atoms with Crippen LogP contribution in [-0.4, -0.2) is 59.3 Å². The SMILES string of the molecule is Cc1noc([C@H]2CC2C(=O)N2CCC[C@@H](c3nc(-c4ccc(C(=O)Nc5cc(C(F)(F)F)ccn5)cc4)c4c(N)nccn34)C2)n1. The molecule has 1 aliphatic heterocycles. The summed E-state index contributed by atoms with van der Waals surface area (Å²) in [6.07, 6.45) is 2.13. The van der Waals surface area contributed by atoms with E-state index in [0.717, 1.165) is 37.0 Å². The molecular formula is C31H28F3N9O3. The maximum absolute atomic E-state index is 13.4. The number of rotatable bonds is 6. The van der Waals surface area contributed by atoms with Crippen molar-refractivity contribution >= 4 is 29.0 Å². The minimum atomic E-state index is -4.56. The molecule has 12 nitrogen and oxygen atoms in total. The third-order valence-corrected chi connectivity index (χ3v) is 8.43. The fourth-order valence-corrected chi connectivity index (χ4v) is 6.05. The van der Waals surface area contributed by atoms with Crippen molar-refractivity contribution in [2.24, 2.45) is 5.92 Å². The molecule has 2 fully saturated rings. The van der Waals surface area contributed by atoms with Crippen LogP contribution in [0.4, 0.5) is 24.8 Å². The van der Waals surface area contributed by atoms with Gasteiger partial charge in [0.1, 0.15) is 28.7 Å². The van der Waals surface area contributed by atoms with Gasteiger partial charge in [-0.3, -0.25) is 14.0 Å². The van der Waals surface area contributed by atoms with E-state index in [9.17, 15) is 22.8 Å².